The van der Waals surface area contributed by atoms with Gasteiger partial charge >= 0.3 is 6.18 Å². The molecule has 0 bridgehead atoms. The first-order chi connectivity index (χ1) is 9.70. The van der Waals surface area contributed by atoms with E-state index in [0.29, 0.717) is 12.1 Å². The predicted octanol–water partition coefficient (Wildman–Crippen LogP) is 4.17. The van der Waals surface area contributed by atoms with Gasteiger partial charge < -0.3 is 5.73 Å². The highest BCUT2D eigenvalue weighted by Crippen LogP contribution is 2.33. The molecule has 0 aliphatic heterocycles. The lowest BCUT2D eigenvalue weighted by Crippen LogP contribution is -2.16. The zero-order chi connectivity index (χ0) is 15.8. The lowest BCUT2D eigenvalue weighted by Gasteiger charge is -2.15. The number of hydrogen-bond donors (Lipinski definition) is 1. The van der Waals surface area contributed by atoms with Crippen LogP contribution in [0, 0.1) is 17.5 Å². The molecule has 0 saturated heterocycles. The van der Waals surface area contributed by atoms with Crippen molar-refractivity contribution in [3.8, 4) is 0 Å². The summed E-state index contributed by atoms with van der Waals surface area (Å²) in [6.45, 7) is 0. The van der Waals surface area contributed by atoms with Gasteiger partial charge in [-0.15, -0.1) is 0 Å². The summed E-state index contributed by atoms with van der Waals surface area (Å²) < 4.78 is 77.4. The van der Waals surface area contributed by atoms with E-state index in [1.165, 1.54) is 0 Å². The summed E-state index contributed by atoms with van der Waals surface area (Å²) in [5, 5.41) is 0. The van der Waals surface area contributed by atoms with E-state index in [1.54, 1.807) is 0 Å². The SMILES string of the molecule is NC(c1ccc(C(F)(F)F)c(F)c1)c1cc(F)ccc1F. The van der Waals surface area contributed by atoms with Crippen molar-refractivity contribution in [2.75, 3.05) is 0 Å². The summed E-state index contributed by atoms with van der Waals surface area (Å²) in [4.78, 5) is 0. The molecule has 2 aromatic carbocycles. The van der Waals surface area contributed by atoms with Gasteiger partial charge in [-0.1, -0.05) is 6.07 Å². The van der Waals surface area contributed by atoms with Crippen molar-refractivity contribution in [3.63, 3.8) is 0 Å². The Bertz CT molecular complexity index is 665. The number of hydrogen-bond acceptors (Lipinski definition) is 1. The van der Waals surface area contributed by atoms with Crippen molar-refractivity contribution < 1.29 is 26.3 Å². The minimum atomic E-state index is -4.84. The Hall–Kier alpha value is -2.02. The number of alkyl halides is 3. The molecule has 0 radical (unpaired) electrons. The van der Waals surface area contributed by atoms with Gasteiger partial charge in [0.15, 0.2) is 0 Å². The molecule has 0 saturated carbocycles. The van der Waals surface area contributed by atoms with E-state index in [9.17, 15) is 26.3 Å². The molecule has 0 aromatic heterocycles. The Morgan fingerprint density at radius 3 is 2.10 bits per heavy atom. The summed E-state index contributed by atoms with van der Waals surface area (Å²) in [5.74, 6) is -3.11. The molecule has 1 atom stereocenters. The van der Waals surface area contributed by atoms with E-state index in [2.05, 4.69) is 0 Å². The second kappa shape index (κ2) is 5.40. The monoisotopic (exact) mass is 305 g/mol. The maximum Gasteiger partial charge on any atom is 0.419 e. The van der Waals surface area contributed by atoms with E-state index < -0.39 is 35.2 Å². The number of halogens is 6. The van der Waals surface area contributed by atoms with Crippen LogP contribution in [0.1, 0.15) is 22.7 Å². The van der Waals surface area contributed by atoms with Gasteiger partial charge in [0.1, 0.15) is 17.5 Å². The Balaban J connectivity index is 2.43. The number of benzene rings is 2. The number of rotatable bonds is 2. The van der Waals surface area contributed by atoms with Crippen molar-refractivity contribution in [3.05, 3.63) is 70.5 Å². The molecule has 2 rings (SSSR count). The number of nitrogens with two attached hydrogens (primary N) is 1. The zero-order valence-corrected chi connectivity index (χ0v) is 10.4. The van der Waals surface area contributed by atoms with Crippen LogP contribution < -0.4 is 5.73 Å². The highest BCUT2D eigenvalue weighted by Gasteiger charge is 2.34. The van der Waals surface area contributed by atoms with Crippen LogP contribution in [0.2, 0.25) is 0 Å². The highest BCUT2D eigenvalue weighted by molar-refractivity contribution is 5.35. The average Bonchev–Trinajstić information content (AvgIpc) is 2.39. The quantitative estimate of drug-likeness (QED) is 0.828. The topological polar surface area (TPSA) is 26.0 Å². The summed E-state index contributed by atoms with van der Waals surface area (Å²) >= 11 is 0. The van der Waals surface area contributed by atoms with Gasteiger partial charge in [-0.2, -0.15) is 13.2 Å². The molecule has 0 heterocycles. The van der Waals surface area contributed by atoms with E-state index in [0.717, 1.165) is 24.3 Å². The Morgan fingerprint density at radius 1 is 0.857 bits per heavy atom. The van der Waals surface area contributed by atoms with Crippen LogP contribution in [-0.2, 0) is 6.18 Å². The largest absolute Gasteiger partial charge is 0.419 e. The lowest BCUT2D eigenvalue weighted by molar-refractivity contribution is -0.140. The van der Waals surface area contributed by atoms with Crippen LogP contribution in [0.4, 0.5) is 26.3 Å². The molecule has 21 heavy (non-hydrogen) atoms. The molecule has 2 N–H and O–H groups in total. The van der Waals surface area contributed by atoms with Gasteiger partial charge in [-0.3, -0.25) is 0 Å². The van der Waals surface area contributed by atoms with Crippen molar-refractivity contribution in [2.24, 2.45) is 5.73 Å². The van der Waals surface area contributed by atoms with Crippen LogP contribution in [0.25, 0.3) is 0 Å². The van der Waals surface area contributed by atoms with Crippen molar-refractivity contribution in [1.82, 2.24) is 0 Å². The third-order valence-corrected chi connectivity index (χ3v) is 2.95. The summed E-state index contributed by atoms with van der Waals surface area (Å²) in [6.07, 6.45) is -4.84. The summed E-state index contributed by atoms with van der Waals surface area (Å²) in [5.41, 5.74) is 3.85. The van der Waals surface area contributed by atoms with E-state index in [4.69, 9.17) is 5.73 Å². The average molecular weight is 305 g/mol. The maximum absolute atomic E-state index is 13.6. The first-order valence-electron chi connectivity index (χ1n) is 5.77. The molecular formula is C14H9F6N. The van der Waals surface area contributed by atoms with Gasteiger partial charge in [0.05, 0.1) is 11.6 Å². The van der Waals surface area contributed by atoms with Crippen LogP contribution in [0.3, 0.4) is 0 Å². The predicted molar refractivity (Wildman–Crippen MR) is 63.8 cm³/mol. The molecule has 2 aromatic rings. The van der Waals surface area contributed by atoms with Gasteiger partial charge in [-0.05, 0) is 35.9 Å². The Kier molecular flexibility index (Phi) is 3.95. The molecule has 112 valence electrons. The summed E-state index contributed by atoms with van der Waals surface area (Å²) in [7, 11) is 0. The normalized spacial score (nSPS) is 13.3. The lowest BCUT2D eigenvalue weighted by atomic mass is 9.97. The van der Waals surface area contributed by atoms with Gasteiger partial charge in [0, 0.05) is 5.56 Å². The molecule has 1 nitrogen and oxygen atoms in total. The molecule has 0 fully saturated rings. The van der Waals surface area contributed by atoms with Crippen LogP contribution in [-0.4, -0.2) is 0 Å². The smallest absolute Gasteiger partial charge is 0.320 e. The molecule has 7 heteroatoms. The van der Waals surface area contributed by atoms with Gasteiger partial charge in [0.2, 0.25) is 0 Å². The Morgan fingerprint density at radius 2 is 1.52 bits per heavy atom. The molecule has 0 amide bonds. The molecule has 0 aliphatic rings. The van der Waals surface area contributed by atoms with E-state index in [-0.39, 0.29) is 11.1 Å². The highest BCUT2D eigenvalue weighted by atomic mass is 19.4. The molecule has 0 aliphatic carbocycles. The third kappa shape index (κ3) is 3.18. The summed E-state index contributed by atoms with van der Waals surface area (Å²) in [6, 6.07) is 3.26. The molecule has 1 unspecified atom stereocenters. The molecular weight excluding hydrogens is 296 g/mol. The first-order valence-corrected chi connectivity index (χ1v) is 5.77. The molecule has 0 spiro atoms. The fourth-order valence-corrected chi connectivity index (χ4v) is 1.89. The van der Waals surface area contributed by atoms with Crippen molar-refractivity contribution >= 4 is 0 Å². The van der Waals surface area contributed by atoms with Gasteiger partial charge in [-0.25, -0.2) is 13.2 Å². The van der Waals surface area contributed by atoms with Crippen molar-refractivity contribution in [2.45, 2.75) is 12.2 Å². The first kappa shape index (κ1) is 15.4. The zero-order valence-electron chi connectivity index (χ0n) is 10.4. The minimum absolute atomic E-state index is 0.0926. The van der Waals surface area contributed by atoms with Crippen LogP contribution >= 0.6 is 0 Å². The van der Waals surface area contributed by atoms with E-state index >= 15 is 0 Å². The van der Waals surface area contributed by atoms with Crippen LogP contribution in [0.5, 0.6) is 0 Å². The Labute approximate surface area is 116 Å². The maximum atomic E-state index is 13.6. The second-order valence-corrected chi connectivity index (χ2v) is 4.38. The van der Waals surface area contributed by atoms with Gasteiger partial charge in [0.25, 0.3) is 0 Å². The third-order valence-electron chi connectivity index (χ3n) is 2.95. The van der Waals surface area contributed by atoms with Crippen molar-refractivity contribution in [1.29, 1.82) is 0 Å². The fraction of sp³-hybridized carbons (Fsp3) is 0.143. The second-order valence-electron chi connectivity index (χ2n) is 4.38. The fourth-order valence-electron chi connectivity index (χ4n) is 1.89. The van der Waals surface area contributed by atoms with Crippen LogP contribution in [0.15, 0.2) is 36.4 Å². The standard InChI is InChI=1S/C14H9F6N/c15-8-2-4-11(16)9(6-8)13(21)7-1-3-10(12(17)5-7)14(18,19)20/h1-6,13H,21H2. The minimum Gasteiger partial charge on any atom is -0.320 e. The van der Waals surface area contributed by atoms with E-state index in [1.807, 2.05) is 0 Å².